The summed E-state index contributed by atoms with van der Waals surface area (Å²) in [5, 5.41) is 10.5. The molecule has 2 aromatic rings. The molecule has 7 heteroatoms. The third-order valence-electron chi connectivity index (χ3n) is 5.39. The number of thiophene rings is 1. The Bertz CT molecular complexity index is 883. The second kappa shape index (κ2) is 5.62. The topological polar surface area (TPSA) is 76.1 Å². The second-order valence-corrected chi connectivity index (χ2v) is 7.77. The van der Waals surface area contributed by atoms with Crippen LogP contribution in [0.4, 0.5) is 0 Å². The summed E-state index contributed by atoms with van der Waals surface area (Å²) >= 11 is 1.43. The van der Waals surface area contributed by atoms with E-state index in [0.29, 0.717) is 35.8 Å². The second-order valence-electron chi connectivity index (χ2n) is 6.71. The number of amides is 1. The van der Waals surface area contributed by atoms with E-state index in [2.05, 4.69) is 0 Å². The molecule has 0 unspecified atom stereocenters. The Morgan fingerprint density at radius 3 is 2.52 bits per heavy atom. The van der Waals surface area contributed by atoms with E-state index in [1.54, 1.807) is 19.1 Å². The monoisotopic (exact) mass is 361 g/mol. The van der Waals surface area contributed by atoms with Gasteiger partial charge in [-0.05, 0) is 18.9 Å². The van der Waals surface area contributed by atoms with Gasteiger partial charge in [0, 0.05) is 34.8 Å². The van der Waals surface area contributed by atoms with Crippen molar-refractivity contribution in [2.45, 2.75) is 25.8 Å². The van der Waals surface area contributed by atoms with Crippen LogP contribution in [0.3, 0.4) is 0 Å². The van der Waals surface area contributed by atoms with E-state index >= 15 is 0 Å². The van der Waals surface area contributed by atoms with Crippen LogP contribution >= 0.6 is 11.3 Å². The van der Waals surface area contributed by atoms with Gasteiger partial charge in [-0.25, -0.2) is 0 Å². The van der Waals surface area contributed by atoms with Crippen LogP contribution in [0.5, 0.6) is 11.5 Å². The summed E-state index contributed by atoms with van der Waals surface area (Å²) in [6.07, 6.45) is 2.20. The first-order chi connectivity index (χ1) is 12.0. The zero-order valence-corrected chi connectivity index (χ0v) is 14.9. The molecule has 0 spiro atoms. The molecule has 132 valence electrons. The number of hydrogen-bond acceptors (Lipinski definition) is 5. The molecule has 4 rings (SSSR count). The zero-order chi connectivity index (χ0) is 17.8. The molecule has 0 bridgehead atoms. The van der Waals surface area contributed by atoms with Gasteiger partial charge in [-0.2, -0.15) is 0 Å². The van der Waals surface area contributed by atoms with E-state index in [-0.39, 0.29) is 12.5 Å². The average molecular weight is 361 g/mol. The highest BCUT2D eigenvalue weighted by Gasteiger charge is 2.48. The first-order valence-corrected chi connectivity index (χ1v) is 9.01. The maximum absolute atomic E-state index is 12.8. The number of carboxylic acid groups (broad SMARTS) is 1. The van der Waals surface area contributed by atoms with Gasteiger partial charge >= 0.3 is 5.97 Å². The van der Waals surface area contributed by atoms with E-state index in [4.69, 9.17) is 9.47 Å². The van der Waals surface area contributed by atoms with E-state index < -0.39 is 11.4 Å². The van der Waals surface area contributed by atoms with Crippen molar-refractivity contribution in [2.24, 2.45) is 5.41 Å². The Labute approximate surface area is 148 Å². The number of fused-ring (bicyclic) bond motifs is 3. The van der Waals surface area contributed by atoms with Crippen molar-refractivity contribution in [3.05, 3.63) is 22.6 Å². The molecule has 2 aliphatic rings. The standard InChI is InChI=1S/C18H19NO5S/c1-23-12-6-10-11-8-19(9-18(17(21)22)4-3-5-18)16(20)15(11)25-14(10)7-13(12)24-2/h6-7H,3-5,8-9H2,1-2H3,(H,21,22). The van der Waals surface area contributed by atoms with Crippen LogP contribution in [-0.4, -0.2) is 42.6 Å². The molecule has 1 aromatic carbocycles. The van der Waals surface area contributed by atoms with Crippen molar-refractivity contribution in [3.63, 3.8) is 0 Å². The Morgan fingerprint density at radius 2 is 1.96 bits per heavy atom. The van der Waals surface area contributed by atoms with Gasteiger partial charge in [0.15, 0.2) is 11.5 Å². The smallest absolute Gasteiger partial charge is 0.311 e. The number of nitrogens with zero attached hydrogens (tertiary/aromatic N) is 1. The van der Waals surface area contributed by atoms with Crippen LogP contribution in [0.2, 0.25) is 0 Å². The van der Waals surface area contributed by atoms with Crippen LogP contribution in [-0.2, 0) is 11.3 Å². The van der Waals surface area contributed by atoms with Crippen LogP contribution in [0, 0.1) is 5.41 Å². The lowest BCUT2D eigenvalue weighted by Crippen LogP contribution is -2.47. The van der Waals surface area contributed by atoms with Crippen LogP contribution < -0.4 is 9.47 Å². The van der Waals surface area contributed by atoms with Gasteiger partial charge in [0.25, 0.3) is 5.91 Å². The molecule has 0 atom stereocenters. The van der Waals surface area contributed by atoms with Crippen molar-refractivity contribution in [2.75, 3.05) is 20.8 Å². The van der Waals surface area contributed by atoms with Crippen molar-refractivity contribution >= 4 is 33.3 Å². The normalized spacial score (nSPS) is 18.2. The van der Waals surface area contributed by atoms with Crippen molar-refractivity contribution in [1.29, 1.82) is 0 Å². The molecule has 6 nitrogen and oxygen atoms in total. The van der Waals surface area contributed by atoms with Crippen molar-refractivity contribution < 1.29 is 24.2 Å². The highest BCUT2D eigenvalue weighted by molar-refractivity contribution is 7.21. The number of hydrogen-bond donors (Lipinski definition) is 1. The molecular formula is C18H19NO5S. The lowest BCUT2D eigenvalue weighted by molar-refractivity contribution is -0.155. The van der Waals surface area contributed by atoms with E-state index in [0.717, 1.165) is 22.1 Å². The van der Waals surface area contributed by atoms with E-state index in [9.17, 15) is 14.7 Å². The Morgan fingerprint density at radius 1 is 1.28 bits per heavy atom. The number of aliphatic carboxylic acids is 1. The minimum Gasteiger partial charge on any atom is -0.493 e. The van der Waals surface area contributed by atoms with Gasteiger partial charge in [-0.15, -0.1) is 11.3 Å². The molecular weight excluding hydrogens is 342 g/mol. The molecule has 1 amide bonds. The average Bonchev–Trinajstić information content (AvgIpc) is 3.05. The third-order valence-corrected chi connectivity index (χ3v) is 6.57. The fraction of sp³-hybridized carbons (Fsp3) is 0.444. The predicted octanol–water partition coefficient (Wildman–Crippen LogP) is 3.13. The molecule has 1 aromatic heterocycles. The number of rotatable bonds is 5. The maximum atomic E-state index is 12.8. The summed E-state index contributed by atoms with van der Waals surface area (Å²) in [5.74, 6) is 0.403. The van der Waals surface area contributed by atoms with E-state index in [1.165, 1.54) is 11.3 Å². The fourth-order valence-corrected chi connectivity index (χ4v) is 4.94. The highest BCUT2D eigenvalue weighted by Crippen LogP contribution is 2.46. The Kier molecular flexibility index (Phi) is 3.64. The molecule has 1 saturated carbocycles. The number of carbonyl (C=O) groups is 2. The number of ether oxygens (including phenoxy) is 2. The largest absolute Gasteiger partial charge is 0.493 e. The minimum atomic E-state index is -0.793. The molecule has 25 heavy (non-hydrogen) atoms. The summed E-state index contributed by atoms with van der Waals surface area (Å²) < 4.78 is 11.7. The quantitative estimate of drug-likeness (QED) is 0.885. The molecule has 1 fully saturated rings. The van der Waals surface area contributed by atoms with Crippen molar-refractivity contribution in [1.82, 2.24) is 4.90 Å². The van der Waals surface area contributed by atoms with Crippen molar-refractivity contribution in [3.8, 4) is 11.5 Å². The molecule has 1 N–H and O–H groups in total. The molecule has 2 heterocycles. The molecule has 0 radical (unpaired) electrons. The summed E-state index contributed by atoms with van der Waals surface area (Å²) in [4.78, 5) is 26.8. The van der Waals surface area contributed by atoms with Gasteiger partial charge in [0.05, 0.1) is 24.5 Å². The lowest BCUT2D eigenvalue weighted by Gasteiger charge is -2.40. The molecule has 0 saturated heterocycles. The fourth-order valence-electron chi connectivity index (χ4n) is 3.75. The first-order valence-electron chi connectivity index (χ1n) is 8.19. The van der Waals surface area contributed by atoms with Gasteiger partial charge in [-0.3, -0.25) is 9.59 Å². The minimum absolute atomic E-state index is 0.0679. The van der Waals surface area contributed by atoms with Crippen LogP contribution in [0.1, 0.15) is 34.5 Å². The number of methoxy groups -OCH3 is 2. The summed E-state index contributed by atoms with van der Waals surface area (Å²) in [5.41, 5.74) is 0.200. The third kappa shape index (κ3) is 2.29. The zero-order valence-electron chi connectivity index (χ0n) is 14.1. The highest BCUT2D eigenvalue weighted by atomic mass is 32.1. The predicted molar refractivity (Wildman–Crippen MR) is 93.6 cm³/mol. The van der Waals surface area contributed by atoms with Crippen LogP contribution in [0.25, 0.3) is 10.1 Å². The van der Waals surface area contributed by atoms with Crippen LogP contribution in [0.15, 0.2) is 12.1 Å². The molecule has 1 aliphatic heterocycles. The van der Waals surface area contributed by atoms with Gasteiger partial charge in [0.2, 0.25) is 0 Å². The number of carbonyl (C=O) groups excluding carboxylic acids is 1. The first kappa shape index (κ1) is 16.2. The molecule has 1 aliphatic carbocycles. The van der Waals surface area contributed by atoms with Gasteiger partial charge in [0.1, 0.15) is 0 Å². The summed E-state index contributed by atoms with van der Waals surface area (Å²) in [6, 6.07) is 3.79. The number of benzene rings is 1. The number of carboxylic acids is 1. The Hall–Kier alpha value is -2.28. The van der Waals surface area contributed by atoms with E-state index in [1.807, 2.05) is 12.1 Å². The van der Waals surface area contributed by atoms with Gasteiger partial charge < -0.3 is 19.5 Å². The maximum Gasteiger partial charge on any atom is 0.311 e. The summed E-state index contributed by atoms with van der Waals surface area (Å²) in [6.45, 7) is 0.746. The Balaban J connectivity index is 1.69. The SMILES string of the molecule is COc1cc2sc3c(c2cc1OC)CN(CC1(C(=O)O)CCC1)C3=O. The summed E-state index contributed by atoms with van der Waals surface area (Å²) in [7, 11) is 3.17. The van der Waals surface area contributed by atoms with Gasteiger partial charge in [-0.1, -0.05) is 6.42 Å². The lowest BCUT2D eigenvalue weighted by atomic mass is 9.68.